The molecule has 4 heteroatoms. The fraction of sp³-hybridized carbons (Fsp3) is 0. The molecule has 4 rings (SSSR count). The number of rotatable bonds is 1. The van der Waals surface area contributed by atoms with Crippen LogP contribution in [0.4, 0.5) is 11.6 Å². The van der Waals surface area contributed by atoms with Crippen LogP contribution in [0.5, 0.6) is 0 Å². The lowest BCUT2D eigenvalue weighted by atomic mass is 10.0. The van der Waals surface area contributed by atoms with E-state index in [1.54, 1.807) is 12.1 Å². The van der Waals surface area contributed by atoms with Gasteiger partial charge in [-0.25, -0.2) is 4.98 Å². The van der Waals surface area contributed by atoms with Crippen molar-refractivity contribution in [3.8, 4) is 11.1 Å². The number of para-hydroxylation sites is 2. The number of anilines is 2. The Morgan fingerprint density at radius 2 is 1.52 bits per heavy atom. The zero-order chi connectivity index (χ0) is 14.4. The number of nitrogens with zero attached hydrogens (tertiary/aromatic N) is 1. The molecule has 0 radical (unpaired) electrons. The fourth-order valence-electron chi connectivity index (χ4n) is 2.70. The molecule has 0 aliphatic carbocycles. The summed E-state index contributed by atoms with van der Waals surface area (Å²) in [4.78, 5) is 4.01. The van der Waals surface area contributed by atoms with Gasteiger partial charge in [0.15, 0.2) is 0 Å². The fourth-order valence-corrected chi connectivity index (χ4v) is 2.70. The van der Waals surface area contributed by atoms with Crippen molar-refractivity contribution in [2.45, 2.75) is 0 Å². The van der Waals surface area contributed by atoms with Crippen LogP contribution in [0.1, 0.15) is 0 Å². The third-order valence-corrected chi connectivity index (χ3v) is 3.58. The average molecular weight is 275 g/mol. The van der Waals surface area contributed by atoms with Crippen LogP contribution in [-0.2, 0) is 0 Å². The predicted octanol–water partition coefficient (Wildman–Crippen LogP) is 3.81. The molecular weight excluding hydrogens is 262 g/mol. The summed E-state index contributed by atoms with van der Waals surface area (Å²) in [6.07, 6.45) is 0. The molecule has 2 heterocycles. The zero-order valence-corrected chi connectivity index (χ0v) is 11.2. The molecular formula is C17H13N3O. The number of aromatic nitrogens is 1. The van der Waals surface area contributed by atoms with Gasteiger partial charge >= 0.3 is 0 Å². The maximum Gasteiger partial charge on any atom is 0.143 e. The monoisotopic (exact) mass is 275 g/mol. The summed E-state index contributed by atoms with van der Waals surface area (Å²) in [7, 11) is 0. The molecule has 0 bridgehead atoms. The molecule has 0 fully saturated rings. The molecule has 4 aromatic rings. The van der Waals surface area contributed by atoms with E-state index in [2.05, 4.69) is 17.1 Å². The summed E-state index contributed by atoms with van der Waals surface area (Å²) < 4.78 is 6.02. The van der Waals surface area contributed by atoms with E-state index < -0.39 is 0 Å². The topological polar surface area (TPSA) is 78.1 Å². The van der Waals surface area contributed by atoms with E-state index in [1.807, 2.05) is 30.3 Å². The molecule has 21 heavy (non-hydrogen) atoms. The van der Waals surface area contributed by atoms with E-state index >= 15 is 0 Å². The lowest BCUT2D eigenvalue weighted by molar-refractivity contribution is 0.670. The number of benzene rings is 2. The standard InChI is InChI=1S/C17H13N3O/c18-15-8-10(9-16(19)20-15)11-5-3-6-13-12-4-1-2-7-14(12)21-17(11)13/h1-9H,(H4,18,19,20). The molecule has 102 valence electrons. The summed E-state index contributed by atoms with van der Waals surface area (Å²) in [5.74, 6) is 0.802. The van der Waals surface area contributed by atoms with Crippen LogP contribution in [-0.4, -0.2) is 4.98 Å². The second kappa shape index (κ2) is 4.24. The Labute approximate surface area is 121 Å². The van der Waals surface area contributed by atoms with Gasteiger partial charge in [0, 0.05) is 16.3 Å². The van der Waals surface area contributed by atoms with Gasteiger partial charge < -0.3 is 15.9 Å². The first-order chi connectivity index (χ1) is 10.2. The van der Waals surface area contributed by atoms with Gasteiger partial charge in [-0.1, -0.05) is 36.4 Å². The smallest absolute Gasteiger partial charge is 0.143 e. The molecule has 0 aliphatic heterocycles. The van der Waals surface area contributed by atoms with Crippen molar-refractivity contribution in [3.05, 3.63) is 54.6 Å². The SMILES string of the molecule is Nc1cc(-c2cccc3c2oc2ccccc23)cc(N)n1. The summed E-state index contributed by atoms with van der Waals surface area (Å²) in [5, 5.41) is 2.18. The summed E-state index contributed by atoms with van der Waals surface area (Å²) in [5.41, 5.74) is 15.2. The average Bonchev–Trinajstić information content (AvgIpc) is 2.84. The second-order valence-corrected chi connectivity index (χ2v) is 4.99. The molecule has 0 spiro atoms. The third kappa shape index (κ3) is 1.80. The molecule has 0 amide bonds. The Bertz CT molecular complexity index is 952. The highest BCUT2D eigenvalue weighted by molar-refractivity contribution is 6.09. The Morgan fingerprint density at radius 1 is 0.810 bits per heavy atom. The zero-order valence-electron chi connectivity index (χ0n) is 11.2. The first kappa shape index (κ1) is 11.8. The normalized spacial score (nSPS) is 11.2. The minimum Gasteiger partial charge on any atom is -0.455 e. The van der Waals surface area contributed by atoms with Gasteiger partial charge in [-0.2, -0.15) is 0 Å². The molecule has 4 N–H and O–H groups in total. The maximum absolute atomic E-state index is 6.02. The van der Waals surface area contributed by atoms with Gasteiger partial charge in [0.25, 0.3) is 0 Å². The number of nitrogens with two attached hydrogens (primary N) is 2. The molecule has 2 aromatic carbocycles. The molecule has 0 aliphatic rings. The Balaban J connectivity index is 2.09. The molecule has 2 aromatic heterocycles. The highest BCUT2D eigenvalue weighted by Gasteiger charge is 2.12. The van der Waals surface area contributed by atoms with Crippen LogP contribution >= 0.6 is 0 Å². The van der Waals surface area contributed by atoms with E-state index in [0.29, 0.717) is 11.6 Å². The van der Waals surface area contributed by atoms with Gasteiger partial charge in [0.1, 0.15) is 22.8 Å². The number of hydrogen-bond acceptors (Lipinski definition) is 4. The molecule has 0 saturated heterocycles. The van der Waals surface area contributed by atoms with Crippen molar-refractivity contribution in [1.29, 1.82) is 0 Å². The summed E-state index contributed by atoms with van der Waals surface area (Å²) in [6, 6.07) is 17.7. The van der Waals surface area contributed by atoms with Gasteiger partial charge in [0.2, 0.25) is 0 Å². The maximum atomic E-state index is 6.02. The lowest BCUT2D eigenvalue weighted by Crippen LogP contribution is -1.96. The van der Waals surface area contributed by atoms with Crippen LogP contribution in [0, 0.1) is 0 Å². The van der Waals surface area contributed by atoms with Gasteiger partial charge in [0.05, 0.1) is 0 Å². The Morgan fingerprint density at radius 3 is 2.33 bits per heavy atom. The highest BCUT2D eigenvalue weighted by Crippen LogP contribution is 2.36. The van der Waals surface area contributed by atoms with Crippen LogP contribution in [0.2, 0.25) is 0 Å². The molecule has 0 saturated carbocycles. The first-order valence-corrected chi connectivity index (χ1v) is 6.66. The van der Waals surface area contributed by atoms with Crippen molar-refractivity contribution in [3.63, 3.8) is 0 Å². The van der Waals surface area contributed by atoms with Crippen molar-refractivity contribution in [2.24, 2.45) is 0 Å². The van der Waals surface area contributed by atoms with Crippen molar-refractivity contribution in [2.75, 3.05) is 11.5 Å². The van der Waals surface area contributed by atoms with E-state index in [4.69, 9.17) is 15.9 Å². The second-order valence-electron chi connectivity index (χ2n) is 4.99. The third-order valence-electron chi connectivity index (χ3n) is 3.58. The van der Waals surface area contributed by atoms with Gasteiger partial charge in [-0.3, -0.25) is 0 Å². The Kier molecular flexibility index (Phi) is 2.38. The number of nitrogen functional groups attached to an aromatic ring is 2. The Hall–Kier alpha value is -3.01. The predicted molar refractivity (Wildman–Crippen MR) is 85.8 cm³/mol. The molecule has 0 atom stereocenters. The minimum atomic E-state index is 0.401. The minimum absolute atomic E-state index is 0.401. The summed E-state index contributed by atoms with van der Waals surface area (Å²) >= 11 is 0. The van der Waals surface area contributed by atoms with Gasteiger partial charge in [-0.05, 0) is 23.8 Å². The van der Waals surface area contributed by atoms with Crippen LogP contribution < -0.4 is 11.5 Å². The first-order valence-electron chi connectivity index (χ1n) is 6.66. The lowest BCUT2D eigenvalue weighted by Gasteiger charge is -2.05. The largest absolute Gasteiger partial charge is 0.455 e. The van der Waals surface area contributed by atoms with Crippen LogP contribution in [0.25, 0.3) is 33.1 Å². The molecule has 4 nitrogen and oxygen atoms in total. The van der Waals surface area contributed by atoms with E-state index in [1.165, 1.54) is 0 Å². The molecule has 0 unspecified atom stereocenters. The van der Waals surface area contributed by atoms with Crippen LogP contribution in [0.3, 0.4) is 0 Å². The summed E-state index contributed by atoms with van der Waals surface area (Å²) in [6.45, 7) is 0. The van der Waals surface area contributed by atoms with E-state index in [-0.39, 0.29) is 0 Å². The number of fused-ring (bicyclic) bond motifs is 3. The highest BCUT2D eigenvalue weighted by atomic mass is 16.3. The number of hydrogen-bond donors (Lipinski definition) is 2. The van der Waals surface area contributed by atoms with Crippen molar-refractivity contribution >= 4 is 33.6 Å². The quantitative estimate of drug-likeness (QED) is 0.553. The van der Waals surface area contributed by atoms with Crippen molar-refractivity contribution in [1.82, 2.24) is 4.98 Å². The number of furan rings is 1. The van der Waals surface area contributed by atoms with Crippen molar-refractivity contribution < 1.29 is 4.42 Å². The van der Waals surface area contributed by atoms with Gasteiger partial charge in [-0.15, -0.1) is 0 Å². The van der Waals surface area contributed by atoms with E-state index in [0.717, 1.165) is 33.1 Å². The van der Waals surface area contributed by atoms with E-state index in [9.17, 15) is 0 Å². The van der Waals surface area contributed by atoms with Crippen LogP contribution in [0.15, 0.2) is 59.0 Å². The number of pyridine rings is 1.